The third kappa shape index (κ3) is 4.07. The number of sulfonamides is 1. The third-order valence-corrected chi connectivity index (χ3v) is 7.90. The zero-order chi connectivity index (χ0) is 23.9. The standard InChI is InChI=1S/C22H20Cl2N4O4S/c1-13-20(22(29)27(2)33(30,31)16-7-5-15(32-3)6-8-16)21(28-19(26-13)10-11-25-28)14-4-9-17(23)18(24)12-14/h4-12,21,26H,1-3H3. The number of aromatic nitrogens is 2. The topological polar surface area (TPSA) is 93.5 Å². The van der Waals surface area contributed by atoms with Crippen molar-refractivity contribution in [3.8, 4) is 5.75 Å². The number of benzene rings is 2. The van der Waals surface area contributed by atoms with Crippen molar-refractivity contribution in [2.45, 2.75) is 17.9 Å². The molecule has 1 aliphatic heterocycles. The lowest BCUT2D eigenvalue weighted by atomic mass is 9.95. The Hall–Kier alpha value is -3.01. The molecule has 2 heterocycles. The molecule has 0 saturated carbocycles. The van der Waals surface area contributed by atoms with E-state index in [1.165, 1.54) is 38.4 Å². The van der Waals surface area contributed by atoms with E-state index in [-0.39, 0.29) is 10.5 Å². The molecule has 1 unspecified atom stereocenters. The smallest absolute Gasteiger partial charge is 0.267 e. The lowest BCUT2D eigenvalue weighted by Gasteiger charge is -2.31. The molecular formula is C22H20Cl2N4O4S. The van der Waals surface area contributed by atoms with Crippen LogP contribution in [0.5, 0.6) is 5.75 Å². The van der Waals surface area contributed by atoms with Gasteiger partial charge < -0.3 is 10.1 Å². The number of halogens is 2. The highest BCUT2D eigenvalue weighted by atomic mass is 35.5. The number of amides is 1. The van der Waals surface area contributed by atoms with Crippen LogP contribution >= 0.6 is 23.2 Å². The maximum absolute atomic E-state index is 13.6. The van der Waals surface area contributed by atoms with Gasteiger partial charge in [-0.1, -0.05) is 29.3 Å². The molecule has 33 heavy (non-hydrogen) atoms. The van der Waals surface area contributed by atoms with Crippen LogP contribution in [0.4, 0.5) is 5.82 Å². The predicted octanol–water partition coefficient (Wildman–Crippen LogP) is 4.33. The molecule has 0 bridgehead atoms. The molecule has 1 aliphatic rings. The number of carbonyl (C=O) groups is 1. The summed E-state index contributed by atoms with van der Waals surface area (Å²) in [6.45, 7) is 1.71. The number of nitrogens with one attached hydrogen (secondary N) is 1. The summed E-state index contributed by atoms with van der Waals surface area (Å²) in [5.74, 6) is 0.456. The SMILES string of the molecule is COc1ccc(S(=O)(=O)N(C)C(=O)C2=C(C)Nc3ccnn3C2c2ccc(Cl)c(Cl)c2)cc1. The maximum atomic E-state index is 13.6. The van der Waals surface area contributed by atoms with E-state index in [1.54, 1.807) is 42.1 Å². The molecule has 1 aromatic heterocycles. The average Bonchev–Trinajstić information content (AvgIpc) is 3.27. The summed E-state index contributed by atoms with van der Waals surface area (Å²) >= 11 is 12.3. The first kappa shape index (κ1) is 23.2. The molecule has 0 radical (unpaired) electrons. The summed E-state index contributed by atoms with van der Waals surface area (Å²) in [7, 11) is -1.42. The van der Waals surface area contributed by atoms with Crippen molar-refractivity contribution in [2.75, 3.05) is 19.5 Å². The van der Waals surface area contributed by atoms with Gasteiger partial charge in [-0.05, 0) is 48.9 Å². The van der Waals surface area contributed by atoms with Crippen LogP contribution in [-0.4, -0.2) is 42.6 Å². The number of methoxy groups -OCH3 is 1. The van der Waals surface area contributed by atoms with Crippen LogP contribution in [0.3, 0.4) is 0 Å². The van der Waals surface area contributed by atoms with Gasteiger partial charge in [0.15, 0.2) is 0 Å². The highest BCUT2D eigenvalue weighted by Crippen LogP contribution is 2.38. The number of nitrogens with zero attached hydrogens (tertiary/aromatic N) is 3. The van der Waals surface area contributed by atoms with Gasteiger partial charge in [0.2, 0.25) is 0 Å². The van der Waals surface area contributed by atoms with E-state index in [4.69, 9.17) is 27.9 Å². The highest BCUT2D eigenvalue weighted by Gasteiger charge is 2.37. The van der Waals surface area contributed by atoms with Gasteiger partial charge >= 0.3 is 0 Å². The minimum atomic E-state index is -4.13. The Morgan fingerprint density at radius 3 is 2.45 bits per heavy atom. The molecule has 8 nitrogen and oxygen atoms in total. The molecule has 1 atom stereocenters. The van der Waals surface area contributed by atoms with Crippen molar-refractivity contribution in [1.29, 1.82) is 0 Å². The Morgan fingerprint density at radius 2 is 1.82 bits per heavy atom. The van der Waals surface area contributed by atoms with Gasteiger partial charge in [0.05, 0.1) is 33.8 Å². The largest absolute Gasteiger partial charge is 0.497 e. The Balaban J connectivity index is 1.79. The lowest BCUT2D eigenvalue weighted by molar-refractivity contribution is -0.122. The van der Waals surface area contributed by atoms with E-state index in [9.17, 15) is 13.2 Å². The van der Waals surface area contributed by atoms with Gasteiger partial charge in [-0.15, -0.1) is 0 Å². The summed E-state index contributed by atoms with van der Waals surface area (Å²) in [6.07, 6.45) is 1.59. The van der Waals surface area contributed by atoms with Crippen LogP contribution in [-0.2, 0) is 14.8 Å². The number of fused-ring (bicyclic) bond motifs is 1. The van der Waals surface area contributed by atoms with E-state index in [0.29, 0.717) is 32.9 Å². The van der Waals surface area contributed by atoms with Crippen molar-refractivity contribution in [3.05, 3.63) is 81.6 Å². The number of rotatable bonds is 5. The van der Waals surface area contributed by atoms with Gasteiger partial charge in [-0.3, -0.25) is 4.79 Å². The van der Waals surface area contributed by atoms with E-state index in [1.807, 2.05) is 0 Å². The van der Waals surface area contributed by atoms with Crippen molar-refractivity contribution < 1.29 is 17.9 Å². The quantitative estimate of drug-likeness (QED) is 0.553. The highest BCUT2D eigenvalue weighted by molar-refractivity contribution is 7.89. The van der Waals surface area contributed by atoms with Crippen molar-refractivity contribution in [1.82, 2.24) is 14.1 Å². The lowest BCUT2D eigenvalue weighted by Crippen LogP contribution is -2.39. The van der Waals surface area contributed by atoms with Gasteiger partial charge in [-0.2, -0.15) is 5.10 Å². The fourth-order valence-electron chi connectivity index (χ4n) is 3.66. The Morgan fingerprint density at radius 1 is 1.12 bits per heavy atom. The molecule has 1 amide bonds. The zero-order valence-electron chi connectivity index (χ0n) is 17.9. The number of hydrogen-bond acceptors (Lipinski definition) is 6. The number of anilines is 1. The summed E-state index contributed by atoms with van der Waals surface area (Å²) < 4.78 is 33.9. The first-order chi connectivity index (χ1) is 15.6. The second-order valence-electron chi connectivity index (χ2n) is 7.35. The second-order valence-corrected chi connectivity index (χ2v) is 10.1. The van der Waals surface area contributed by atoms with Gasteiger partial charge in [0.25, 0.3) is 15.9 Å². The Labute approximate surface area is 201 Å². The van der Waals surface area contributed by atoms with Crippen LogP contribution in [0, 0.1) is 0 Å². The first-order valence-corrected chi connectivity index (χ1v) is 12.0. The molecule has 11 heteroatoms. The normalized spacial score (nSPS) is 15.6. The number of likely N-dealkylation sites (N-methyl/N-ethyl adjacent to an activating group) is 1. The number of allylic oxidation sites excluding steroid dienone is 1. The molecule has 0 spiro atoms. The van der Waals surface area contributed by atoms with Crippen LogP contribution in [0.25, 0.3) is 0 Å². The van der Waals surface area contributed by atoms with E-state index < -0.39 is 22.0 Å². The Kier molecular flexibility index (Phi) is 6.13. The first-order valence-electron chi connectivity index (χ1n) is 9.78. The molecule has 3 aromatic rings. The summed E-state index contributed by atoms with van der Waals surface area (Å²) in [6, 6.07) is 11.9. The Bertz CT molecular complexity index is 1370. The van der Waals surface area contributed by atoms with Gasteiger partial charge in [0, 0.05) is 18.8 Å². The summed E-state index contributed by atoms with van der Waals surface area (Å²) in [5, 5.41) is 8.14. The minimum Gasteiger partial charge on any atom is -0.497 e. The fraction of sp³-hybridized carbons (Fsp3) is 0.182. The number of carbonyl (C=O) groups excluding carboxylic acids is 1. The number of ether oxygens (including phenoxy) is 1. The van der Waals surface area contributed by atoms with Crippen LogP contribution < -0.4 is 10.1 Å². The van der Waals surface area contributed by atoms with E-state index in [0.717, 1.165) is 4.31 Å². The summed E-state index contributed by atoms with van der Waals surface area (Å²) in [5.41, 5.74) is 1.35. The molecule has 0 aliphatic carbocycles. The minimum absolute atomic E-state index is 0.0352. The van der Waals surface area contributed by atoms with E-state index in [2.05, 4.69) is 10.4 Å². The monoisotopic (exact) mass is 506 g/mol. The van der Waals surface area contributed by atoms with Gasteiger partial charge in [0.1, 0.15) is 17.6 Å². The molecule has 1 N–H and O–H groups in total. The van der Waals surface area contributed by atoms with Crippen LogP contribution in [0.15, 0.2) is 70.9 Å². The molecule has 172 valence electrons. The molecule has 4 rings (SSSR count). The zero-order valence-corrected chi connectivity index (χ0v) is 20.2. The van der Waals surface area contributed by atoms with Crippen molar-refractivity contribution in [3.63, 3.8) is 0 Å². The molecule has 2 aromatic carbocycles. The predicted molar refractivity (Wildman–Crippen MR) is 126 cm³/mol. The van der Waals surface area contributed by atoms with Crippen LogP contribution in [0.1, 0.15) is 18.5 Å². The molecule has 0 fully saturated rings. The van der Waals surface area contributed by atoms with Gasteiger partial charge in [-0.25, -0.2) is 17.4 Å². The molecule has 0 saturated heterocycles. The summed E-state index contributed by atoms with van der Waals surface area (Å²) in [4.78, 5) is 13.6. The molecular weight excluding hydrogens is 487 g/mol. The number of hydrogen-bond donors (Lipinski definition) is 1. The van der Waals surface area contributed by atoms with Crippen LogP contribution in [0.2, 0.25) is 10.0 Å². The maximum Gasteiger partial charge on any atom is 0.267 e. The average molecular weight is 507 g/mol. The van der Waals surface area contributed by atoms with Crippen molar-refractivity contribution in [2.24, 2.45) is 0 Å². The third-order valence-electron chi connectivity index (χ3n) is 5.40. The van der Waals surface area contributed by atoms with E-state index >= 15 is 0 Å². The van der Waals surface area contributed by atoms with Crippen molar-refractivity contribution >= 4 is 45.0 Å². The fourth-order valence-corrected chi connectivity index (χ4v) is 5.08. The second kappa shape index (κ2) is 8.74.